The normalized spacial score (nSPS) is 10.7. The van der Waals surface area contributed by atoms with Crippen LogP contribution in [0.4, 0.5) is 5.69 Å². The molecule has 2 aromatic carbocycles. The van der Waals surface area contributed by atoms with E-state index in [1.165, 1.54) is 10.5 Å². The maximum atomic E-state index is 12.4. The minimum atomic E-state index is -0.188. The first-order chi connectivity index (χ1) is 14.5. The largest absolute Gasteiger partial charge is 0.487 e. The molecule has 0 radical (unpaired) electrons. The summed E-state index contributed by atoms with van der Waals surface area (Å²) in [6.45, 7) is 4.07. The fraction of sp³-hybridized carbons (Fsp3) is 0.125. The first-order valence-electron chi connectivity index (χ1n) is 9.58. The van der Waals surface area contributed by atoms with E-state index in [9.17, 15) is 9.59 Å². The molecule has 0 unspecified atom stereocenters. The molecule has 0 bridgehead atoms. The molecule has 0 aliphatic rings. The van der Waals surface area contributed by atoms with Gasteiger partial charge in [0.1, 0.15) is 18.0 Å². The second-order valence-electron chi connectivity index (χ2n) is 7.15. The van der Waals surface area contributed by atoms with E-state index in [1.807, 2.05) is 38.1 Å². The minimum Gasteiger partial charge on any atom is -0.487 e. The van der Waals surface area contributed by atoms with Crippen molar-refractivity contribution in [3.63, 3.8) is 0 Å². The summed E-state index contributed by atoms with van der Waals surface area (Å²) in [6, 6.07) is 19.7. The number of amides is 1. The van der Waals surface area contributed by atoms with Crippen LogP contribution < -0.4 is 15.6 Å². The third-order valence-electron chi connectivity index (χ3n) is 4.67. The summed E-state index contributed by atoms with van der Waals surface area (Å²) in [5.41, 5.74) is 4.30. The number of carbonyl (C=O) groups excluding carboxylic acids is 1. The van der Waals surface area contributed by atoms with Crippen LogP contribution in [0, 0.1) is 13.8 Å². The molecule has 0 aliphatic heterocycles. The molecule has 0 aliphatic carbocycles. The predicted molar refractivity (Wildman–Crippen MR) is 116 cm³/mol. The quantitative estimate of drug-likeness (QED) is 0.547. The number of pyridine rings is 1. The van der Waals surface area contributed by atoms with Crippen LogP contribution in [0.25, 0.3) is 5.65 Å². The maximum absolute atomic E-state index is 12.4. The number of hydrogen-bond acceptors (Lipinski definition) is 4. The fourth-order valence-electron chi connectivity index (χ4n) is 3.06. The van der Waals surface area contributed by atoms with E-state index in [-0.39, 0.29) is 18.1 Å². The number of carbonyl (C=O) groups is 1. The van der Waals surface area contributed by atoms with Crippen LogP contribution in [0.15, 0.2) is 77.7 Å². The molecule has 0 saturated heterocycles. The van der Waals surface area contributed by atoms with E-state index in [0.29, 0.717) is 28.3 Å². The van der Waals surface area contributed by atoms with Crippen molar-refractivity contribution in [2.45, 2.75) is 20.5 Å². The molecule has 0 atom stereocenters. The standard InChI is InChI=1S/C24H21N3O3/c1-16-6-8-18(9-7-16)24(29)26-19-4-3-5-21(13-19)30-15-20-14-23(28)27-11-10-17(2)12-22(27)25-20/h3-14H,15H2,1-2H3,(H,26,29). The van der Waals surface area contributed by atoms with Crippen molar-refractivity contribution in [3.8, 4) is 5.75 Å². The first-order valence-corrected chi connectivity index (χ1v) is 9.58. The molecular weight excluding hydrogens is 378 g/mol. The lowest BCUT2D eigenvalue weighted by Gasteiger charge is -2.10. The second-order valence-corrected chi connectivity index (χ2v) is 7.15. The summed E-state index contributed by atoms with van der Waals surface area (Å²) in [7, 11) is 0. The number of anilines is 1. The van der Waals surface area contributed by atoms with Crippen LogP contribution in [0.2, 0.25) is 0 Å². The Morgan fingerprint density at radius 3 is 2.60 bits per heavy atom. The Bertz CT molecular complexity index is 1280. The number of hydrogen-bond donors (Lipinski definition) is 1. The highest BCUT2D eigenvalue weighted by molar-refractivity contribution is 6.04. The summed E-state index contributed by atoms with van der Waals surface area (Å²) in [5, 5.41) is 2.87. The van der Waals surface area contributed by atoms with Gasteiger partial charge in [-0.2, -0.15) is 0 Å². The molecule has 0 saturated carbocycles. The van der Waals surface area contributed by atoms with Crippen molar-refractivity contribution < 1.29 is 9.53 Å². The SMILES string of the molecule is Cc1ccc(C(=O)Nc2cccc(OCc3cc(=O)n4ccc(C)cc4n3)c2)cc1. The smallest absolute Gasteiger partial charge is 0.258 e. The van der Waals surface area contributed by atoms with Gasteiger partial charge in [-0.25, -0.2) is 4.98 Å². The van der Waals surface area contributed by atoms with Gasteiger partial charge >= 0.3 is 0 Å². The number of nitrogens with zero attached hydrogens (tertiary/aromatic N) is 2. The molecule has 0 fully saturated rings. The van der Waals surface area contributed by atoms with Crippen LogP contribution in [-0.2, 0) is 6.61 Å². The van der Waals surface area contributed by atoms with Crippen LogP contribution >= 0.6 is 0 Å². The van der Waals surface area contributed by atoms with Crippen LogP contribution in [0.1, 0.15) is 27.2 Å². The molecule has 6 nitrogen and oxygen atoms in total. The van der Waals surface area contributed by atoms with Gasteiger partial charge in [0.05, 0.1) is 5.69 Å². The van der Waals surface area contributed by atoms with E-state index in [1.54, 1.807) is 42.6 Å². The molecule has 1 N–H and O–H groups in total. The van der Waals surface area contributed by atoms with E-state index in [0.717, 1.165) is 11.1 Å². The highest BCUT2D eigenvalue weighted by Crippen LogP contribution is 2.19. The van der Waals surface area contributed by atoms with Gasteiger partial charge in [-0.3, -0.25) is 14.0 Å². The Morgan fingerprint density at radius 2 is 1.80 bits per heavy atom. The Hall–Kier alpha value is -3.93. The van der Waals surface area contributed by atoms with Crippen molar-refractivity contribution in [1.82, 2.24) is 9.38 Å². The summed E-state index contributed by atoms with van der Waals surface area (Å²) >= 11 is 0. The number of nitrogens with one attached hydrogen (secondary N) is 1. The van der Waals surface area contributed by atoms with E-state index in [2.05, 4.69) is 10.3 Å². The molecule has 2 aromatic heterocycles. The van der Waals surface area contributed by atoms with Crippen LogP contribution in [-0.4, -0.2) is 15.3 Å². The van der Waals surface area contributed by atoms with Crippen LogP contribution in [0.5, 0.6) is 5.75 Å². The number of ether oxygens (including phenoxy) is 1. The Morgan fingerprint density at radius 1 is 1.00 bits per heavy atom. The van der Waals surface area contributed by atoms with Crippen molar-refractivity contribution in [2.24, 2.45) is 0 Å². The highest BCUT2D eigenvalue weighted by atomic mass is 16.5. The Balaban J connectivity index is 1.47. The predicted octanol–water partition coefficient (Wildman–Crippen LogP) is 4.14. The monoisotopic (exact) mass is 399 g/mol. The summed E-state index contributed by atoms with van der Waals surface area (Å²) in [6.07, 6.45) is 1.71. The second kappa shape index (κ2) is 8.21. The third-order valence-corrected chi connectivity index (χ3v) is 4.67. The van der Waals surface area contributed by atoms with Gasteiger partial charge in [0, 0.05) is 29.6 Å². The van der Waals surface area contributed by atoms with E-state index in [4.69, 9.17) is 4.74 Å². The molecule has 2 heterocycles. The van der Waals surface area contributed by atoms with Crippen LogP contribution in [0.3, 0.4) is 0 Å². The summed E-state index contributed by atoms with van der Waals surface area (Å²) in [5.74, 6) is 0.384. The third kappa shape index (κ3) is 4.38. The van der Waals surface area contributed by atoms with Gasteiger partial charge in [-0.15, -0.1) is 0 Å². The van der Waals surface area contributed by atoms with Gasteiger partial charge < -0.3 is 10.1 Å². The lowest BCUT2D eigenvalue weighted by Crippen LogP contribution is -2.16. The maximum Gasteiger partial charge on any atom is 0.258 e. The minimum absolute atomic E-state index is 0.148. The summed E-state index contributed by atoms with van der Waals surface area (Å²) in [4.78, 5) is 29.2. The zero-order valence-corrected chi connectivity index (χ0v) is 16.8. The van der Waals surface area contributed by atoms with Gasteiger partial charge in [0.15, 0.2) is 0 Å². The average molecular weight is 399 g/mol. The molecule has 4 aromatic rings. The first kappa shape index (κ1) is 19.4. The Kier molecular flexibility index (Phi) is 5.30. The molecule has 4 rings (SSSR count). The number of rotatable bonds is 5. The van der Waals surface area contributed by atoms with Gasteiger partial charge in [-0.05, 0) is 55.8 Å². The van der Waals surface area contributed by atoms with Crippen molar-refractivity contribution >= 4 is 17.2 Å². The number of aryl methyl sites for hydroxylation is 2. The van der Waals surface area contributed by atoms with Gasteiger partial charge in [-0.1, -0.05) is 23.8 Å². The lowest BCUT2D eigenvalue weighted by atomic mass is 10.1. The average Bonchev–Trinajstić information content (AvgIpc) is 2.72. The van der Waals surface area contributed by atoms with E-state index < -0.39 is 0 Å². The number of fused-ring (bicyclic) bond motifs is 1. The van der Waals surface area contributed by atoms with Gasteiger partial charge in [0.2, 0.25) is 0 Å². The van der Waals surface area contributed by atoms with Crippen molar-refractivity contribution in [2.75, 3.05) is 5.32 Å². The molecule has 1 amide bonds. The number of benzene rings is 2. The van der Waals surface area contributed by atoms with Crippen molar-refractivity contribution in [1.29, 1.82) is 0 Å². The molecular formula is C24H21N3O3. The highest BCUT2D eigenvalue weighted by Gasteiger charge is 2.08. The van der Waals surface area contributed by atoms with Crippen molar-refractivity contribution in [3.05, 3.63) is 106 Å². The molecule has 30 heavy (non-hydrogen) atoms. The topological polar surface area (TPSA) is 72.7 Å². The lowest BCUT2D eigenvalue weighted by molar-refractivity contribution is 0.102. The zero-order chi connectivity index (χ0) is 21.1. The van der Waals surface area contributed by atoms with E-state index >= 15 is 0 Å². The molecule has 150 valence electrons. The summed E-state index contributed by atoms with van der Waals surface area (Å²) < 4.78 is 7.31. The fourth-order valence-corrected chi connectivity index (χ4v) is 3.06. The molecule has 6 heteroatoms. The molecule has 0 spiro atoms. The zero-order valence-electron chi connectivity index (χ0n) is 16.8. The Labute approximate surface area is 173 Å². The van der Waals surface area contributed by atoms with Gasteiger partial charge in [0.25, 0.3) is 11.5 Å². The number of aromatic nitrogens is 2.